The summed E-state index contributed by atoms with van der Waals surface area (Å²) in [7, 11) is -1.35. The zero-order valence-electron chi connectivity index (χ0n) is 33.4. The molecule has 0 fully saturated rings. The van der Waals surface area contributed by atoms with Crippen LogP contribution in [0.2, 0.25) is 19.6 Å². The van der Waals surface area contributed by atoms with E-state index < -0.39 is 8.07 Å². The minimum atomic E-state index is -1.35. The first-order chi connectivity index (χ1) is 27.0. The number of benzene rings is 7. The lowest BCUT2D eigenvalue weighted by atomic mass is 9.87. The lowest BCUT2D eigenvalue weighted by molar-refractivity contribution is 0.669. The predicted molar refractivity (Wildman–Crippen MR) is 241 cm³/mol. The topological polar surface area (TPSA) is 31.0 Å². The molecule has 0 aliphatic rings. The van der Waals surface area contributed by atoms with Crippen LogP contribution in [0, 0.1) is 0 Å². The van der Waals surface area contributed by atoms with Crippen LogP contribution in [0.4, 0.5) is 0 Å². The molecular formula is C52H48N2OSi. The largest absolute Gasteiger partial charge is 0.455 e. The van der Waals surface area contributed by atoms with Crippen LogP contribution >= 0.6 is 0 Å². The molecule has 7 aromatic carbocycles. The van der Waals surface area contributed by atoms with Crippen LogP contribution in [0.25, 0.3) is 83.4 Å². The minimum Gasteiger partial charge on any atom is -0.455 e. The monoisotopic (exact) mass is 744 g/mol. The Kier molecular flexibility index (Phi) is 8.90. The van der Waals surface area contributed by atoms with Gasteiger partial charge in [-0.25, -0.2) is 4.98 Å². The molecule has 3 nitrogen and oxygen atoms in total. The first-order valence-electron chi connectivity index (χ1n) is 19.9. The van der Waals surface area contributed by atoms with Gasteiger partial charge in [-0.3, -0.25) is 4.57 Å². The Bertz CT molecular complexity index is 2840. The van der Waals surface area contributed by atoms with E-state index in [0.29, 0.717) is 0 Å². The van der Waals surface area contributed by atoms with Crippen molar-refractivity contribution in [1.29, 1.82) is 0 Å². The number of para-hydroxylation sites is 3. The smallest absolute Gasteiger partial charge is 0.149 e. The van der Waals surface area contributed by atoms with Crippen molar-refractivity contribution in [3.63, 3.8) is 0 Å². The van der Waals surface area contributed by atoms with Gasteiger partial charge in [-0.2, -0.15) is 0 Å². The number of imidazole rings is 1. The summed E-state index contributed by atoms with van der Waals surface area (Å²) in [6, 6.07) is 55.2. The van der Waals surface area contributed by atoms with Crippen molar-refractivity contribution in [3.05, 3.63) is 163 Å². The molecule has 9 rings (SSSR count). The molecule has 0 saturated heterocycles. The van der Waals surface area contributed by atoms with Gasteiger partial charge in [0.05, 0.1) is 30.4 Å². The molecule has 276 valence electrons. The van der Waals surface area contributed by atoms with Gasteiger partial charge in [-0.15, -0.1) is 0 Å². The SMILES string of the molecule is CC(C)c1cc(-c2ccc(-c3ccc([Si](C)(C)C)cc3)cc2)cc(C(C)C)c1-n1c(-c2cccc3c2oc2cc(-c4ccccc4)ccc23)nc2ccccc21. The van der Waals surface area contributed by atoms with Gasteiger partial charge in [0.1, 0.15) is 17.0 Å². The van der Waals surface area contributed by atoms with E-state index >= 15 is 0 Å². The molecule has 0 radical (unpaired) electrons. The first kappa shape index (κ1) is 35.7. The van der Waals surface area contributed by atoms with E-state index in [1.54, 1.807) is 0 Å². The molecule has 0 spiro atoms. The molecule has 4 heteroatoms. The number of rotatable bonds is 8. The quantitative estimate of drug-likeness (QED) is 0.145. The molecule has 0 atom stereocenters. The molecule has 0 aliphatic heterocycles. The average molecular weight is 745 g/mol. The number of hydrogen-bond donors (Lipinski definition) is 0. The lowest BCUT2D eigenvalue weighted by Crippen LogP contribution is -2.37. The van der Waals surface area contributed by atoms with E-state index in [1.165, 1.54) is 49.8 Å². The summed E-state index contributed by atoms with van der Waals surface area (Å²) in [5, 5.41) is 3.68. The standard InChI is InChI=1S/C52H48N2OSi/c1-33(2)45-30-40(38-22-20-36(21-23-38)37-24-27-41(28-25-37)56(5,6)7)31-46(34(3)4)50(45)54-48-19-12-11-18-47(48)53-52(54)44-17-13-16-43-42-29-26-39(32-49(42)55-51(43)44)35-14-9-8-10-15-35/h8-34H,1-7H3. The number of aromatic nitrogens is 2. The van der Waals surface area contributed by atoms with E-state index in [9.17, 15) is 0 Å². The summed E-state index contributed by atoms with van der Waals surface area (Å²) in [4.78, 5) is 5.39. The first-order valence-corrected chi connectivity index (χ1v) is 23.4. The summed E-state index contributed by atoms with van der Waals surface area (Å²) in [6.45, 7) is 16.4. The fourth-order valence-corrected chi connectivity index (χ4v) is 9.39. The van der Waals surface area contributed by atoms with Crippen LogP contribution in [0.5, 0.6) is 0 Å². The molecule has 9 aromatic rings. The van der Waals surface area contributed by atoms with Crippen molar-refractivity contribution < 1.29 is 4.42 Å². The lowest BCUT2D eigenvalue weighted by Gasteiger charge is -2.24. The van der Waals surface area contributed by atoms with Crippen LogP contribution in [-0.4, -0.2) is 17.6 Å². The van der Waals surface area contributed by atoms with Crippen molar-refractivity contribution in [2.45, 2.75) is 59.2 Å². The van der Waals surface area contributed by atoms with Crippen molar-refractivity contribution in [2.75, 3.05) is 0 Å². The van der Waals surface area contributed by atoms with Crippen molar-refractivity contribution in [3.8, 4) is 50.5 Å². The highest BCUT2D eigenvalue weighted by Crippen LogP contribution is 2.43. The van der Waals surface area contributed by atoms with Crippen LogP contribution in [-0.2, 0) is 0 Å². The Morgan fingerprint density at radius 2 is 1.09 bits per heavy atom. The molecule has 0 saturated carbocycles. The maximum Gasteiger partial charge on any atom is 0.149 e. The van der Waals surface area contributed by atoms with Gasteiger partial charge in [0.25, 0.3) is 0 Å². The zero-order chi connectivity index (χ0) is 38.7. The van der Waals surface area contributed by atoms with Gasteiger partial charge in [0.2, 0.25) is 0 Å². The highest BCUT2D eigenvalue weighted by molar-refractivity contribution is 6.88. The maximum absolute atomic E-state index is 6.83. The van der Waals surface area contributed by atoms with Gasteiger partial charge in [0, 0.05) is 10.8 Å². The van der Waals surface area contributed by atoms with E-state index in [1.807, 2.05) is 0 Å². The summed E-state index contributed by atoms with van der Waals surface area (Å²) in [5.74, 6) is 1.42. The number of nitrogens with zero attached hydrogens (tertiary/aromatic N) is 2. The average Bonchev–Trinajstić information content (AvgIpc) is 3.79. The molecule has 0 bridgehead atoms. The molecule has 0 unspecified atom stereocenters. The van der Waals surface area contributed by atoms with Gasteiger partial charge in [0.15, 0.2) is 0 Å². The second-order valence-corrected chi connectivity index (χ2v) is 21.9. The highest BCUT2D eigenvalue weighted by atomic mass is 28.3. The summed E-state index contributed by atoms with van der Waals surface area (Å²) in [6.07, 6.45) is 0. The zero-order valence-corrected chi connectivity index (χ0v) is 34.4. The van der Waals surface area contributed by atoms with E-state index in [-0.39, 0.29) is 11.8 Å². The fraction of sp³-hybridized carbons (Fsp3) is 0.173. The van der Waals surface area contributed by atoms with E-state index in [0.717, 1.165) is 49.9 Å². The fourth-order valence-electron chi connectivity index (χ4n) is 8.22. The molecule has 56 heavy (non-hydrogen) atoms. The second-order valence-electron chi connectivity index (χ2n) is 16.8. The normalized spacial score (nSPS) is 12.2. The summed E-state index contributed by atoms with van der Waals surface area (Å²) < 4.78 is 9.24. The molecule has 2 aromatic heterocycles. The van der Waals surface area contributed by atoms with Crippen molar-refractivity contribution >= 4 is 46.2 Å². The van der Waals surface area contributed by atoms with E-state index in [4.69, 9.17) is 9.40 Å². The van der Waals surface area contributed by atoms with Crippen molar-refractivity contribution in [1.82, 2.24) is 9.55 Å². The summed E-state index contributed by atoms with van der Waals surface area (Å²) >= 11 is 0. The molecular weight excluding hydrogens is 697 g/mol. The molecule has 0 amide bonds. The van der Waals surface area contributed by atoms with E-state index in [2.05, 4.69) is 204 Å². The van der Waals surface area contributed by atoms with Gasteiger partial charge in [-0.1, -0.05) is 162 Å². The van der Waals surface area contributed by atoms with Gasteiger partial charge < -0.3 is 4.42 Å². The van der Waals surface area contributed by atoms with Crippen LogP contribution in [0.1, 0.15) is 50.7 Å². The third-order valence-corrected chi connectivity index (χ3v) is 13.4. The Labute approximate surface area is 331 Å². The highest BCUT2D eigenvalue weighted by Gasteiger charge is 2.25. The minimum absolute atomic E-state index is 0.263. The summed E-state index contributed by atoms with van der Waals surface area (Å²) in [5.41, 5.74) is 15.8. The van der Waals surface area contributed by atoms with Crippen LogP contribution in [0.15, 0.2) is 156 Å². The van der Waals surface area contributed by atoms with Gasteiger partial charge in [-0.05, 0) is 98.8 Å². The predicted octanol–water partition coefficient (Wildman–Crippen LogP) is 14.4. The second kappa shape index (κ2) is 14.0. The Morgan fingerprint density at radius 1 is 0.518 bits per heavy atom. The Morgan fingerprint density at radius 3 is 1.73 bits per heavy atom. The van der Waals surface area contributed by atoms with Crippen molar-refractivity contribution in [2.24, 2.45) is 0 Å². The third-order valence-electron chi connectivity index (χ3n) is 11.3. The third kappa shape index (κ3) is 6.28. The van der Waals surface area contributed by atoms with Gasteiger partial charge >= 0.3 is 0 Å². The Balaban J connectivity index is 1.20. The number of furan rings is 1. The number of hydrogen-bond acceptors (Lipinski definition) is 2. The van der Waals surface area contributed by atoms with Crippen LogP contribution in [0.3, 0.4) is 0 Å². The molecule has 2 heterocycles. The van der Waals surface area contributed by atoms with Crippen LogP contribution < -0.4 is 5.19 Å². The Hall–Kier alpha value is -5.97. The molecule has 0 aliphatic carbocycles. The maximum atomic E-state index is 6.83. The molecule has 0 N–H and O–H groups in total. The number of fused-ring (bicyclic) bond motifs is 4.